The molecule has 2 aromatic rings. The van der Waals surface area contributed by atoms with E-state index in [0.29, 0.717) is 17.3 Å². The highest BCUT2D eigenvalue weighted by atomic mass is 35.5. The van der Waals surface area contributed by atoms with E-state index >= 15 is 0 Å². The summed E-state index contributed by atoms with van der Waals surface area (Å²) in [7, 11) is 3.80. The van der Waals surface area contributed by atoms with Crippen molar-refractivity contribution in [1.82, 2.24) is 15.1 Å². The lowest BCUT2D eigenvalue weighted by atomic mass is 10.0. The number of likely N-dealkylation sites (N-methyl/N-ethyl adjacent to an activating group) is 1. The van der Waals surface area contributed by atoms with Crippen molar-refractivity contribution < 1.29 is 14.3 Å². The van der Waals surface area contributed by atoms with Crippen LogP contribution in [0.25, 0.3) is 0 Å². The second kappa shape index (κ2) is 10.5. The second-order valence-corrected chi connectivity index (χ2v) is 7.61. The third-order valence-corrected chi connectivity index (χ3v) is 5.41. The summed E-state index contributed by atoms with van der Waals surface area (Å²) in [6.45, 7) is 4.45. The van der Waals surface area contributed by atoms with Crippen LogP contribution in [-0.2, 0) is 4.79 Å². The van der Waals surface area contributed by atoms with Gasteiger partial charge in [-0.2, -0.15) is 0 Å². The maximum absolute atomic E-state index is 12.3. The maximum Gasteiger partial charge on any atom is 0.258 e. The van der Waals surface area contributed by atoms with Crippen LogP contribution in [0.15, 0.2) is 48.5 Å². The van der Waals surface area contributed by atoms with E-state index < -0.39 is 0 Å². The highest BCUT2D eigenvalue weighted by molar-refractivity contribution is 6.30. The van der Waals surface area contributed by atoms with Gasteiger partial charge in [0.1, 0.15) is 11.5 Å². The first-order valence-corrected chi connectivity index (χ1v) is 10.1. The Morgan fingerprint density at radius 2 is 1.66 bits per heavy atom. The molecule has 1 saturated heterocycles. The summed E-state index contributed by atoms with van der Waals surface area (Å²) in [4.78, 5) is 17.1. The normalized spacial score (nSPS) is 16.2. The largest absolute Gasteiger partial charge is 0.497 e. The first-order valence-electron chi connectivity index (χ1n) is 9.77. The van der Waals surface area contributed by atoms with Crippen LogP contribution in [0, 0.1) is 0 Å². The SMILES string of the molecule is COc1ccc([C@H](CNC(=O)COc2ccc(Cl)cc2)N2CCN(C)CC2)cc1. The molecule has 1 atom stereocenters. The van der Waals surface area contributed by atoms with Crippen LogP contribution in [0.3, 0.4) is 0 Å². The van der Waals surface area contributed by atoms with Gasteiger partial charge in [-0.3, -0.25) is 9.69 Å². The number of carbonyl (C=O) groups excluding carboxylic acids is 1. The molecule has 0 aromatic heterocycles. The monoisotopic (exact) mass is 417 g/mol. The molecule has 6 nitrogen and oxygen atoms in total. The smallest absolute Gasteiger partial charge is 0.258 e. The fraction of sp³-hybridized carbons (Fsp3) is 0.409. The Labute approximate surface area is 177 Å². The molecule has 1 aliphatic heterocycles. The van der Waals surface area contributed by atoms with Crippen LogP contribution in [0.1, 0.15) is 11.6 Å². The van der Waals surface area contributed by atoms with E-state index in [1.165, 1.54) is 0 Å². The fourth-order valence-corrected chi connectivity index (χ4v) is 3.48. The van der Waals surface area contributed by atoms with E-state index in [0.717, 1.165) is 37.5 Å². The van der Waals surface area contributed by atoms with Crippen LogP contribution in [0.5, 0.6) is 11.5 Å². The minimum absolute atomic E-state index is 0.0281. The number of rotatable bonds is 8. The summed E-state index contributed by atoms with van der Waals surface area (Å²) in [6, 6.07) is 15.1. The highest BCUT2D eigenvalue weighted by Crippen LogP contribution is 2.24. The summed E-state index contributed by atoms with van der Waals surface area (Å²) in [6.07, 6.45) is 0. The summed E-state index contributed by atoms with van der Waals surface area (Å²) in [5.74, 6) is 1.30. The number of hydrogen-bond acceptors (Lipinski definition) is 5. The first-order chi connectivity index (χ1) is 14.0. The molecule has 1 aliphatic rings. The van der Waals surface area contributed by atoms with Crippen LogP contribution in [0.4, 0.5) is 0 Å². The number of hydrogen-bond donors (Lipinski definition) is 1. The Bertz CT molecular complexity index is 775. The zero-order valence-corrected chi connectivity index (χ0v) is 17.7. The quantitative estimate of drug-likeness (QED) is 0.715. The summed E-state index contributed by atoms with van der Waals surface area (Å²) in [5.41, 5.74) is 1.16. The topological polar surface area (TPSA) is 54.0 Å². The Hall–Kier alpha value is -2.28. The van der Waals surface area contributed by atoms with Crippen LogP contribution >= 0.6 is 11.6 Å². The minimum Gasteiger partial charge on any atom is -0.497 e. The fourth-order valence-electron chi connectivity index (χ4n) is 3.36. The van der Waals surface area contributed by atoms with Crippen molar-refractivity contribution in [2.75, 3.05) is 53.5 Å². The van der Waals surface area contributed by atoms with Gasteiger partial charge in [0.05, 0.1) is 13.2 Å². The van der Waals surface area contributed by atoms with Crippen molar-refractivity contribution in [3.63, 3.8) is 0 Å². The molecule has 29 heavy (non-hydrogen) atoms. The molecule has 3 rings (SSSR count). The maximum atomic E-state index is 12.3. The third-order valence-electron chi connectivity index (χ3n) is 5.16. The van der Waals surface area contributed by atoms with Crippen molar-refractivity contribution in [1.29, 1.82) is 0 Å². The molecule has 0 unspecified atom stereocenters. The molecule has 156 valence electrons. The molecule has 0 spiro atoms. The predicted octanol–water partition coefficient (Wildman–Crippen LogP) is 2.83. The Balaban J connectivity index is 1.59. The first kappa shape index (κ1) is 21.4. The Morgan fingerprint density at radius 3 is 2.28 bits per heavy atom. The van der Waals surface area contributed by atoms with Crippen LogP contribution in [0.2, 0.25) is 5.02 Å². The summed E-state index contributed by atoms with van der Waals surface area (Å²) < 4.78 is 10.8. The van der Waals surface area contributed by atoms with Gasteiger partial charge in [0.25, 0.3) is 5.91 Å². The minimum atomic E-state index is -0.146. The van der Waals surface area contributed by atoms with E-state index in [1.807, 2.05) is 12.1 Å². The van der Waals surface area contributed by atoms with Gasteiger partial charge in [0.2, 0.25) is 0 Å². The zero-order chi connectivity index (χ0) is 20.6. The number of methoxy groups -OCH3 is 1. The van der Waals surface area contributed by atoms with E-state index in [-0.39, 0.29) is 18.6 Å². The number of ether oxygens (including phenoxy) is 2. The van der Waals surface area contributed by atoms with Crippen molar-refractivity contribution in [3.05, 3.63) is 59.1 Å². The zero-order valence-electron chi connectivity index (χ0n) is 16.9. The van der Waals surface area contributed by atoms with Crippen molar-refractivity contribution in [2.24, 2.45) is 0 Å². The molecule has 7 heteroatoms. The van der Waals surface area contributed by atoms with E-state index in [4.69, 9.17) is 21.1 Å². The average Bonchev–Trinajstić information content (AvgIpc) is 2.75. The molecule has 1 amide bonds. The molecular weight excluding hydrogens is 390 g/mol. The highest BCUT2D eigenvalue weighted by Gasteiger charge is 2.24. The molecule has 0 radical (unpaired) electrons. The molecule has 1 N–H and O–H groups in total. The van der Waals surface area contributed by atoms with Crippen molar-refractivity contribution in [2.45, 2.75) is 6.04 Å². The molecule has 0 saturated carbocycles. The van der Waals surface area contributed by atoms with Crippen molar-refractivity contribution >= 4 is 17.5 Å². The van der Waals surface area contributed by atoms with Crippen molar-refractivity contribution in [3.8, 4) is 11.5 Å². The van der Waals surface area contributed by atoms with Gasteiger partial charge in [-0.25, -0.2) is 0 Å². The number of amides is 1. The van der Waals surface area contributed by atoms with Gasteiger partial charge in [-0.1, -0.05) is 23.7 Å². The Morgan fingerprint density at radius 1 is 1.03 bits per heavy atom. The lowest BCUT2D eigenvalue weighted by Gasteiger charge is -2.38. The standard InChI is InChI=1S/C22H28ClN3O3/c1-25-11-13-26(14-12-25)21(17-3-7-19(28-2)8-4-17)15-24-22(27)16-29-20-9-5-18(23)6-10-20/h3-10,21H,11-16H2,1-2H3,(H,24,27)/t21-/m0/s1. The number of piperazine rings is 1. The van der Waals surface area contributed by atoms with E-state index in [2.05, 4.69) is 34.3 Å². The molecular formula is C22H28ClN3O3. The molecule has 0 aliphatic carbocycles. The number of carbonyl (C=O) groups is 1. The molecule has 1 fully saturated rings. The van der Waals surface area contributed by atoms with Gasteiger partial charge >= 0.3 is 0 Å². The number of nitrogens with zero attached hydrogens (tertiary/aromatic N) is 2. The average molecular weight is 418 g/mol. The number of benzene rings is 2. The van der Waals surface area contributed by atoms with Gasteiger partial charge in [-0.15, -0.1) is 0 Å². The number of nitrogens with one attached hydrogen (secondary N) is 1. The van der Waals surface area contributed by atoms with E-state index in [9.17, 15) is 4.79 Å². The van der Waals surface area contributed by atoms with Crippen LogP contribution < -0.4 is 14.8 Å². The lowest BCUT2D eigenvalue weighted by Crippen LogP contribution is -2.48. The molecule has 2 aromatic carbocycles. The van der Waals surface area contributed by atoms with Gasteiger partial charge < -0.3 is 19.7 Å². The predicted molar refractivity (Wildman–Crippen MR) is 115 cm³/mol. The summed E-state index contributed by atoms with van der Waals surface area (Å²) in [5, 5.41) is 3.66. The summed E-state index contributed by atoms with van der Waals surface area (Å²) >= 11 is 5.87. The molecule has 0 bridgehead atoms. The van der Waals surface area contributed by atoms with Gasteiger partial charge in [-0.05, 0) is 49.0 Å². The van der Waals surface area contributed by atoms with Gasteiger partial charge in [0.15, 0.2) is 6.61 Å². The second-order valence-electron chi connectivity index (χ2n) is 7.17. The van der Waals surface area contributed by atoms with E-state index in [1.54, 1.807) is 31.4 Å². The lowest BCUT2D eigenvalue weighted by molar-refractivity contribution is -0.123. The molecule has 1 heterocycles. The van der Waals surface area contributed by atoms with Gasteiger partial charge in [0, 0.05) is 37.7 Å². The van der Waals surface area contributed by atoms with Crippen LogP contribution in [-0.4, -0.2) is 69.2 Å². The Kier molecular flexibility index (Phi) is 7.75. The number of halogens is 1. The third kappa shape index (κ3) is 6.35.